The van der Waals surface area contributed by atoms with E-state index in [0.717, 1.165) is 59.4 Å². The Morgan fingerprint density at radius 3 is 2.00 bits per heavy atom. The minimum atomic E-state index is -0.306. The summed E-state index contributed by atoms with van der Waals surface area (Å²) in [5.41, 5.74) is 5.84. The molecule has 0 atom stereocenters. The average molecular weight is 571 g/mol. The van der Waals surface area contributed by atoms with E-state index in [9.17, 15) is 14.0 Å². The summed E-state index contributed by atoms with van der Waals surface area (Å²) in [6, 6.07) is 25.9. The maximum Gasteiger partial charge on any atom is 0.305 e. The van der Waals surface area contributed by atoms with Gasteiger partial charge in [-0.3, -0.25) is 9.59 Å². The van der Waals surface area contributed by atoms with Crippen molar-refractivity contribution in [3.05, 3.63) is 102 Å². The number of nitrogens with zero attached hydrogens (tertiary/aromatic N) is 1. The van der Waals surface area contributed by atoms with Crippen LogP contribution in [0.25, 0.3) is 22.4 Å². The smallest absolute Gasteiger partial charge is 0.305 e. The summed E-state index contributed by atoms with van der Waals surface area (Å²) in [7, 11) is 1.41. The van der Waals surface area contributed by atoms with Gasteiger partial charge in [0.05, 0.1) is 18.4 Å². The van der Waals surface area contributed by atoms with Gasteiger partial charge in [-0.15, -0.1) is 0 Å². The number of nitrogens with one attached hydrogen (secondary N) is 1. The molecule has 0 aliphatic carbocycles. The molecular formula is C36H43FN2O3. The fourth-order valence-corrected chi connectivity index (χ4v) is 5.20. The number of esters is 1. The molecule has 1 N–H and O–H groups in total. The lowest BCUT2D eigenvalue weighted by molar-refractivity contribution is -0.140. The number of carbonyl (C=O) groups excluding carboxylic acids is 2. The summed E-state index contributed by atoms with van der Waals surface area (Å²) in [4.78, 5) is 25.6. The number of aromatic nitrogens is 1. The number of benzene rings is 3. The Labute approximate surface area is 249 Å². The molecule has 0 bridgehead atoms. The Balaban J connectivity index is 0.00000237. The lowest BCUT2D eigenvalue weighted by Gasteiger charge is -2.17. The SMILES string of the molecule is CC.COC(=O)CCCCCCn1c(-c2ccc(F)cc2)c(-c2ccccc2)c(C(=O)Nc2ccccc2)c1C(C)C. The zero-order valence-electron chi connectivity index (χ0n) is 25.5. The van der Waals surface area contributed by atoms with E-state index in [1.807, 2.05) is 74.5 Å². The Bertz CT molecular complexity index is 1410. The normalized spacial score (nSPS) is 10.6. The fraction of sp³-hybridized carbons (Fsp3) is 0.333. The van der Waals surface area contributed by atoms with Gasteiger partial charge in [0.1, 0.15) is 5.82 Å². The van der Waals surface area contributed by atoms with E-state index in [-0.39, 0.29) is 23.6 Å². The molecule has 0 fully saturated rings. The molecule has 0 unspecified atom stereocenters. The van der Waals surface area contributed by atoms with Crippen LogP contribution in [0.2, 0.25) is 0 Å². The standard InChI is InChI=1S/C34H37FN2O3.C2H6/c1-24(2)32-31(34(39)36-28-16-10-7-11-17-28)30(25-14-8-6-9-15-25)33(26-19-21-27(35)22-20-26)37(32)23-13-5-4-12-18-29(38)40-3;1-2/h6-11,14-17,19-22,24H,4-5,12-13,18,23H2,1-3H3,(H,36,39);1-2H3. The van der Waals surface area contributed by atoms with Gasteiger partial charge in [0.15, 0.2) is 0 Å². The van der Waals surface area contributed by atoms with Crippen molar-refractivity contribution in [3.63, 3.8) is 0 Å². The second-order valence-electron chi connectivity index (χ2n) is 10.2. The van der Waals surface area contributed by atoms with Crippen molar-refractivity contribution in [1.82, 2.24) is 4.57 Å². The quantitative estimate of drug-likeness (QED) is 0.136. The molecule has 0 radical (unpaired) electrons. The molecule has 0 aliphatic rings. The molecule has 0 spiro atoms. The minimum absolute atomic E-state index is 0.0486. The maximum atomic E-state index is 14.1. The number of anilines is 1. The van der Waals surface area contributed by atoms with Gasteiger partial charge in [-0.1, -0.05) is 89.1 Å². The Morgan fingerprint density at radius 1 is 0.810 bits per heavy atom. The number of methoxy groups -OCH3 is 1. The van der Waals surface area contributed by atoms with Crippen LogP contribution in [0.3, 0.4) is 0 Å². The molecule has 0 saturated heterocycles. The third-order valence-corrected chi connectivity index (χ3v) is 7.03. The molecule has 6 heteroatoms. The van der Waals surface area contributed by atoms with Crippen LogP contribution in [0.5, 0.6) is 0 Å². The number of amides is 1. The average Bonchev–Trinajstić information content (AvgIpc) is 3.36. The number of para-hydroxylation sites is 1. The molecule has 4 aromatic rings. The van der Waals surface area contributed by atoms with Crippen molar-refractivity contribution in [1.29, 1.82) is 0 Å². The van der Waals surface area contributed by atoms with Crippen LogP contribution in [0.1, 0.15) is 81.8 Å². The van der Waals surface area contributed by atoms with Crippen molar-refractivity contribution >= 4 is 17.6 Å². The number of rotatable bonds is 12. The number of halogens is 1. The van der Waals surface area contributed by atoms with Gasteiger partial charge in [-0.25, -0.2) is 4.39 Å². The first-order chi connectivity index (χ1) is 20.4. The van der Waals surface area contributed by atoms with Crippen LogP contribution in [-0.2, 0) is 16.1 Å². The highest BCUT2D eigenvalue weighted by atomic mass is 19.1. The van der Waals surface area contributed by atoms with E-state index in [2.05, 4.69) is 23.7 Å². The highest BCUT2D eigenvalue weighted by Gasteiger charge is 2.30. The maximum absolute atomic E-state index is 14.1. The monoisotopic (exact) mass is 570 g/mol. The molecule has 0 saturated carbocycles. The summed E-state index contributed by atoms with van der Waals surface area (Å²) >= 11 is 0. The summed E-state index contributed by atoms with van der Waals surface area (Å²) < 4.78 is 21.0. The Morgan fingerprint density at radius 2 is 1.40 bits per heavy atom. The van der Waals surface area contributed by atoms with E-state index >= 15 is 0 Å². The van der Waals surface area contributed by atoms with E-state index in [0.29, 0.717) is 18.5 Å². The first-order valence-electron chi connectivity index (χ1n) is 14.9. The van der Waals surface area contributed by atoms with Gasteiger partial charge >= 0.3 is 5.97 Å². The third kappa shape index (κ3) is 8.19. The van der Waals surface area contributed by atoms with Crippen LogP contribution in [0, 0.1) is 5.82 Å². The van der Waals surface area contributed by atoms with E-state index < -0.39 is 0 Å². The first-order valence-corrected chi connectivity index (χ1v) is 14.9. The van der Waals surface area contributed by atoms with Crippen molar-refractivity contribution in [2.45, 2.75) is 72.3 Å². The largest absolute Gasteiger partial charge is 0.469 e. The number of hydrogen-bond acceptors (Lipinski definition) is 3. The zero-order chi connectivity index (χ0) is 30.5. The van der Waals surface area contributed by atoms with E-state index in [4.69, 9.17) is 4.74 Å². The zero-order valence-corrected chi connectivity index (χ0v) is 25.5. The van der Waals surface area contributed by atoms with Gasteiger partial charge in [0.25, 0.3) is 5.91 Å². The van der Waals surface area contributed by atoms with E-state index in [1.165, 1.54) is 19.2 Å². The van der Waals surface area contributed by atoms with Crippen molar-refractivity contribution in [2.75, 3.05) is 12.4 Å². The molecule has 5 nitrogen and oxygen atoms in total. The topological polar surface area (TPSA) is 60.3 Å². The highest BCUT2D eigenvalue weighted by molar-refractivity contribution is 6.12. The van der Waals surface area contributed by atoms with Crippen LogP contribution in [0.15, 0.2) is 84.9 Å². The number of carbonyl (C=O) groups is 2. The lowest BCUT2D eigenvalue weighted by Crippen LogP contribution is -2.16. The van der Waals surface area contributed by atoms with E-state index in [1.54, 1.807) is 12.1 Å². The second kappa shape index (κ2) is 16.3. The second-order valence-corrected chi connectivity index (χ2v) is 10.2. The Hall–Kier alpha value is -4.19. The molecule has 4 rings (SSSR count). The van der Waals surface area contributed by atoms with Crippen LogP contribution in [0.4, 0.5) is 10.1 Å². The highest BCUT2D eigenvalue weighted by Crippen LogP contribution is 2.42. The fourth-order valence-electron chi connectivity index (χ4n) is 5.20. The molecule has 0 aliphatic heterocycles. The lowest BCUT2D eigenvalue weighted by atomic mass is 9.94. The van der Waals surface area contributed by atoms with Crippen LogP contribution in [-0.4, -0.2) is 23.6 Å². The molecule has 1 heterocycles. The van der Waals surface area contributed by atoms with Crippen molar-refractivity contribution in [3.8, 4) is 22.4 Å². The summed E-state index contributed by atoms with van der Waals surface area (Å²) in [5.74, 6) is -0.617. The third-order valence-electron chi connectivity index (χ3n) is 7.03. The number of unbranched alkanes of at least 4 members (excludes halogenated alkanes) is 3. The summed E-state index contributed by atoms with van der Waals surface area (Å²) in [6.07, 6.45) is 3.91. The summed E-state index contributed by atoms with van der Waals surface area (Å²) in [6.45, 7) is 8.90. The molecule has 3 aromatic carbocycles. The molecule has 222 valence electrons. The molecule has 1 aromatic heterocycles. The van der Waals surface area contributed by atoms with Crippen molar-refractivity contribution in [2.24, 2.45) is 0 Å². The molecule has 42 heavy (non-hydrogen) atoms. The molecule has 1 amide bonds. The van der Waals surface area contributed by atoms with Crippen molar-refractivity contribution < 1.29 is 18.7 Å². The number of ether oxygens (including phenoxy) is 1. The minimum Gasteiger partial charge on any atom is -0.469 e. The number of hydrogen-bond donors (Lipinski definition) is 1. The van der Waals surface area contributed by atoms with Gasteiger partial charge < -0.3 is 14.6 Å². The predicted octanol–water partition coefficient (Wildman–Crippen LogP) is 9.49. The van der Waals surface area contributed by atoms with Gasteiger partial charge in [0.2, 0.25) is 0 Å². The predicted molar refractivity (Wildman–Crippen MR) is 170 cm³/mol. The van der Waals surface area contributed by atoms with Gasteiger partial charge in [0, 0.05) is 29.9 Å². The van der Waals surface area contributed by atoms with Crippen LogP contribution < -0.4 is 5.32 Å². The first kappa shape index (κ1) is 32.3. The molecular weight excluding hydrogens is 527 g/mol. The van der Waals surface area contributed by atoms with Gasteiger partial charge in [-0.2, -0.15) is 0 Å². The van der Waals surface area contributed by atoms with Crippen LogP contribution >= 0.6 is 0 Å². The van der Waals surface area contributed by atoms with Gasteiger partial charge in [-0.05, 0) is 66.3 Å². The summed E-state index contributed by atoms with van der Waals surface area (Å²) in [5, 5.41) is 3.11. The Kier molecular flexibility index (Phi) is 12.5.